The van der Waals surface area contributed by atoms with Crippen molar-refractivity contribution >= 4 is 11.7 Å². The van der Waals surface area contributed by atoms with Crippen molar-refractivity contribution in [2.45, 2.75) is 32.2 Å². The molecule has 2 heterocycles. The molecule has 4 rings (SSSR count). The van der Waals surface area contributed by atoms with Crippen LogP contribution in [0.1, 0.15) is 24.0 Å². The van der Waals surface area contributed by atoms with Gasteiger partial charge in [0.05, 0.1) is 6.20 Å². The van der Waals surface area contributed by atoms with Crippen molar-refractivity contribution < 1.29 is 4.79 Å². The average molecular weight is 428 g/mol. The second-order valence-electron chi connectivity index (χ2n) is 8.16. The van der Waals surface area contributed by atoms with E-state index in [9.17, 15) is 4.79 Å². The predicted molar refractivity (Wildman–Crippen MR) is 128 cm³/mol. The van der Waals surface area contributed by atoms with E-state index in [4.69, 9.17) is 0 Å². The Morgan fingerprint density at radius 3 is 2.62 bits per heavy atom. The van der Waals surface area contributed by atoms with E-state index in [-0.39, 0.29) is 11.9 Å². The van der Waals surface area contributed by atoms with Gasteiger partial charge in [-0.25, -0.2) is 4.98 Å². The molecule has 32 heavy (non-hydrogen) atoms. The molecule has 164 valence electrons. The van der Waals surface area contributed by atoms with Crippen molar-refractivity contribution in [2.24, 2.45) is 7.05 Å². The van der Waals surface area contributed by atoms with Gasteiger partial charge < -0.3 is 10.6 Å². The molecule has 0 bridgehead atoms. The van der Waals surface area contributed by atoms with Crippen LogP contribution >= 0.6 is 0 Å². The number of benzene rings is 1. The molecular formula is C26H29N5O. The molecule has 0 aliphatic heterocycles. The molecule has 0 saturated carbocycles. The molecule has 1 aliphatic rings. The molecule has 2 aromatic heterocycles. The van der Waals surface area contributed by atoms with E-state index in [0.29, 0.717) is 5.82 Å². The summed E-state index contributed by atoms with van der Waals surface area (Å²) in [6.45, 7) is 2.80. The molecule has 3 aromatic rings. The average Bonchev–Trinajstić information content (AvgIpc) is 3.25. The predicted octanol–water partition coefficient (Wildman–Crippen LogP) is 4.21. The summed E-state index contributed by atoms with van der Waals surface area (Å²) in [6, 6.07) is 11.9. The molecule has 0 radical (unpaired) electrons. The first-order chi connectivity index (χ1) is 15.6. The quantitative estimate of drug-likeness (QED) is 0.565. The lowest BCUT2D eigenvalue weighted by atomic mass is 9.96. The summed E-state index contributed by atoms with van der Waals surface area (Å²) >= 11 is 0. The highest BCUT2D eigenvalue weighted by Crippen LogP contribution is 2.20. The highest BCUT2D eigenvalue weighted by molar-refractivity contribution is 5.96. The van der Waals surface area contributed by atoms with E-state index >= 15 is 0 Å². The normalized spacial score (nSPS) is 14.1. The van der Waals surface area contributed by atoms with Crippen molar-refractivity contribution in [3.05, 3.63) is 89.9 Å². The van der Waals surface area contributed by atoms with Gasteiger partial charge >= 0.3 is 0 Å². The second-order valence-corrected chi connectivity index (χ2v) is 8.16. The van der Waals surface area contributed by atoms with Crippen molar-refractivity contribution in [3.63, 3.8) is 0 Å². The van der Waals surface area contributed by atoms with Crippen LogP contribution in [0.2, 0.25) is 0 Å². The standard InChI is InChI=1S/C26H29N5O/c1-19-8-10-20(11-9-19)14-15-27-25(21-6-4-3-5-7-21)26(32)30-24-13-12-22(16-28-24)23-17-29-31(2)18-23/h3-4,6,8-13,16-18,25,27H,5,7,14-15H2,1-2H3,(H,28,30,32)/t25-/m0/s1. The van der Waals surface area contributed by atoms with Crippen molar-refractivity contribution in [1.82, 2.24) is 20.1 Å². The summed E-state index contributed by atoms with van der Waals surface area (Å²) in [5.74, 6) is 0.456. The molecule has 6 nitrogen and oxygen atoms in total. The maximum absolute atomic E-state index is 13.2. The fourth-order valence-corrected chi connectivity index (χ4v) is 3.78. The van der Waals surface area contributed by atoms with E-state index in [1.807, 2.05) is 37.5 Å². The number of carbonyl (C=O) groups is 1. The van der Waals surface area contributed by atoms with Crippen molar-refractivity contribution in [3.8, 4) is 11.1 Å². The number of nitrogens with zero attached hydrogens (tertiary/aromatic N) is 3. The first-order valence-corrected chi connectivity index (χ1v) is 11.0. The van der Waals surface area contributed by atoms with E-state index in [0.717, 1.165) is 42.5 Å². The van der Waals surface area contributed by atoms with Gasteiger partial charge in [-0.2, -0.15) is 5.10 Å². The number of nitrogens with one attached hydrogen (secondary N) is 2. The Balaban J connectivity index is 1.42. The smallest absolute Gasteiger partial charge is 0.246 e. The van der Waals surface area contributed by atoms with Gasteiger partial charge in [0, 0.05) is 37.1 Å². The SMILES string of the molecule is Cc1ccc(CCN[C@H](C(=O)Nc2ccc(-c3cnn(C)c3)cn2)C2=CC=CCC2)cc1. The van der Waals surface area contributed by atoms with Gasteiger partial charge in [-0.3, -0.25) is 9.48 Å². The van der Waals surface area contributed by atoms with Crippen LogP contribution in [0.15, 0.2) is 78.8 Å². The maximum Gasteiger partial charge on any atom is 0.246 e. The van der Waals surface area contributed by atoms with Gasteiger partial charge in [0.25, 0.3) is 0 Å². The number of anilines is 1. The molecule has 1 atom stereocenters. The van der Waals surface area contributed by atoms with Gasteiger partial charge in [0.2, 0.25) is 5.91 Å². The fraction of sp³-hybridized carbons (Fsp3) is 0.269. The molecule has 2 N–H and O–H groups in total. The largest absolute Gasteiger partial charge is 0.309 e. The van der Waals surface area contributed by atoms with E-state index in [2.05, 4.69) is 58.0 Å². The fourth-order valence-electron chi connectivity index (χ4n) is 3.78. The number of pyridine rings is 1. The van der Waals surface area contributed by atoms with Crippen LogP contribution in [-0.2, 0) is 18.3 Å². The minimum Gasteiger partial charge on any atom is -0.309 e. The van der Waals surface area contributed by atoms with E-state index in [1.54, 1.807) is 17.1 Å². The number of rotatable bonds is 8. The number of amides is 1. The summed E-state index contributed by atoms with van der Waals surface area (Å²) in [6.07, 6.45) is 14.4. The van der Waals surface area contributed by atoms with Crippen LogP contribution in [-0.4, -0.2) is 33.3 Å². The molecular weight excluding hydrogens is 398 g/mol. The van der Waals surface area contributed by atoms with Crippen LogP contribution in [0.5, 0.6) is 0 Å². The lowest BCUT2D eigenvalue weighted by Crippen LogP contribution is -2.43. The first-order valence-electron chi connectivity index (χ1n) is 11.0. The van der Waals surface area contributed by atoms with Gasteiger partial charge in [-0.15, -0.1) is 0 Å². The summed E-state index contributed by atoms with van der Waals surface area (Å²) < 4.78 is 1.75. The second kappa shape index (κ2) is 10.2. The number of aryl methyl sites for hydroxylation is 2. The minimum absolute atomic E-state index is 0.0860. The van der Waals surface area contributed by atoms with Gasteiger partial charge in [0.1, 0.15) is 11.9 Å². The van der Waals surface area contributed by atoms with Crippen LogP contribution in [0.4, 0.5) is 5.82 Å². The first kappa shape index (κ1) is 21.7. The summed E-state index contributed by atoms with van der Waals surface area (Å²) in [5.41, 5.74) is 5.56. The Bertz CT molecular complexity index is 1110. The summed E-state index contributed by atoms with van der Waals surface area (Å²) in [4.78, 5) is 17.6. The topological polar surface area (TPSA) is 71.8 Å². The summed E-state index contributed by atoms with van der Waals surface area (Å²) in [7, 11) is 1.88. The molecule has 0 unspecified atom stereocenters. The van der Waals surface area contributed by atoms with Gasteiger partial charge in [0.15, 0.2) is 0 Å². The summed E-state index contributed by atoms with van der Waals surface area (Å²) in [5, 5.41) is 10.6. The highest BCUT2D eigenvalue weighted by atomic mass is 16.2. The molecule has 6 heteroatoms. The Hall–Kier alpha value is -3.51. The third-order valence-electron chi connectivity index (χ3n) is 5.61. The minimum atomic E-state index is -0.384. The molecule has 1 amide bonds. The molecule has 1 aromatic carbocycles. The zero-order chi connectivity index (χ0) is 22.3. The van der Waals surface area contributed by atoms with Gasteiger partial charge in [-0.1, -0.05) is 48.1 Å². The number of allylic oxidation sites excluding steroid dienone is 3. The number of carbonyl (C=O) groups excluding carboxylic acids is 1. The monoisotopic (exact) mass is 427 g/mol. The van der Waals surface area contributed by atoms with Crippen LogP contribution in [0.3, 0.4) is 0 Å². The number of hydrogen-bond donors (Lipinski definition) is 2. The maximum atomic E-state index is 13.2. The van der Waals surface area contributed by atoms with E-state index < -0.39 is 0 Å². The Kier molecular flexibility index (Phi) is 6.92. The van der Waals surface area contributed by atoms with Crippen molar-refractivity contribution in [2.75, 3.05) is 11.9 Å². The Morgan fingerprint density at radius 2 is 1.97 bits per heavy atom. The zero-order valence-corrected chi connectivity index (χ0v) is 18.6. The van der Waals surface area contributed by atoms with Gasteiger partial charge in [-0.05, 0) is 49.5 Å². The number of hydrogen-bond acceptors (Lipinski definition) is 4. The third kappa shape index (κ3) is 5.59. The molecule has 0 saturated heterocycles. The highest BCUT2D eigenvalue weighted by Gasteiger charge is 2.23. The zero-order valence-electron chi connectivity index (χ0n) is 18.6. The Morgan fingerprint density at radius 1 is 1.12 bits per heavy atom. The molecule has 0 spiro atoms. The molecule has 1 aliphatic carbocycles. The Labute approximate surface area is 189 Å². The van der Waals surface area contributed by atoms with Crippen LogP contribution < -0.4 is 10.6 Å². The van der Waals surface area contributed by atoms with Crippen LogP contribution in [0, 0.1) is 6.92 Å². The van der Waals surface area contributed by atoms with E-state index in [1.165, 1.54) is 11.1 Å². The lowest BCUT2D eigenvalue weighted by Gasteiger charge is -2.22. The van der Waals surface area contributed by atoms with Crippen LogP contribution in [0.25, 0.3) is 11.1 Å². The molecule has 0 fully saturated rings. The number of aromatic nitrogens is 3. The third-order valence-corrected chi connectivity index (χ3v) is 5.61. The lowest BCUT2D eigenvalue weighted by molar-refractivity contribution is -0.117. The van der Waals surface area contributed by atoms with Crippen molar-refractivity contribution in [1.29, 1.82) is 0 Å².